The Hall–Kier alpha value is -3.01. The number of nitrogens with zero attached hydrogens (tertiary/aromatic N) is 2. The van der Waals surface area contributed by atoms with Crippen molar-refractivity contribution in [1.82, 2.24) is 15.2 Å². The summed E-state index contributed by atoms with van der Waals surface area (Å²) in [6.07, 6.45) is -2.79. The fourth-order valence-corrected chi connectivity index (χ4v) is 4.64. The van der Waals surface area contributed by atoms with E-state index in [1.807, 2.05) is 24.3 Å². The average Bonchev–Trinajstić information content (AvgIpc) is 3.15. The van der Waals surface area contributed by atoms with Crippen molar-refractivity contribution in [3.05, 3.63) is 83.7 Å². The highest BCUT2D eigenvalue weighted by atomic mass is 35.5. The summed E-state index contributed by atoms with van der Waals surface area (Å²) < 4.78 is 47.3. The Morgan fingerprint density at radius 1 is 1.03 bits per heavy atom. The molecule has 1 N–H and O–H groups in total. The van der Waals surface area contributed by atoms with Gasteiger partial charge in [0, 0.05) is 31.7 Å². The van der Waals surface area contributed by atoms with Crippen molar-refractivity contribution >= 4 is 30.9 Å². The molecule has 3 aromatic rings. The maximum Gasteiger partial charge on any atom is 0.573 e. The Bertz CT molecular complexity index is 1170. The van der Waals surface area contributed by atoms with Crippen molar-refractivity contribution in [2.45, 2.75) is 18.3 Å². The third-order valence-corrected chi connectivity index (χ3v) is 6.14. The summed E-state index contributed by atoms with van der Waals surface area (Å²) in [6.45, 7) is 1.35. The van der Waals surface area contributed by atoms with Crippen LogP contribution in [0.5, 0.6) is 5.75 Å². The highest BCUT2D eigenvalue weighted by Crippen LogP contribution is 2.44. The third-order valence-electron chi connectivity index (χ3n) is 6.14. The summed E-state index contributed by atoms with van der Waals surface area (Å²) in [5.41, 5.74) is 5.05. The molecule has 1 atom stereocenters. The second kappa shape index (κ2) is 11.4. The van der Waals surface area contributed by atoms with E-state index < -0.39 is 24.2 Å². The quantitative estimate of drug-likeness (QED) is 0.457. The molecule has 0 bridgehead atoms. The number of hydrogen-bond donors (Lipinski definition) is 1. The molecule has 1 unspecified atom stereocenters. The molecule has 2 heterocycles. The zero-order valence-corrected chi connectivity index (χ0v) is 20.5. The van der Waals surface area contributed by atoms with Crippen LogP contribution in [-0.4, -0.2) is 48.6 Å². The smallest absolute Gasteiger partial charge is 0.448 e. The van der Waals surface area contributed by atoms with E-state index >= 15 is 0 Å². The number of carbonyl (C=O) groups excluding carboxylic acids is 1. The fraction of sp³-hybridized carbons (Fsp3) is 0.280. The number of pyridine rings is 1. The molecule has 6 nitrogen and oxygen atoms in total. The van der Waals surface area contributed by atoms with Crippen molar-refractivity contribution in [2.24, 2.45) is 0 Å². The number of amides is 1. The molecule has 192 valence electrons. The minimum atomic E-state index is -4.80. The molecule has 1 fully saturated rings. The van der Waals surface area contributed by atoms with E-state index in [9.17, 15) is 18.0 Å². The van der Waals surface area contributed by atoms with Gasteiger partial charge in [-0.25, -0.2) is 4.79 Å². The maximum atomic E-state index is 12.9. The van der Waals surface area contributed by atoms with Gasteiger partial charge in [-0.1, -0.05) is 48.5 Å². The van der Waals surface area contributed by atoms with Crippen LogP contribution < -0.4 is 10.1 Å². The summed E-state index contributed by atoms with van der Waals surface area (Å²) in [6, 6.07) is 17.1. The summed E-state index contributed by atoms with van der Waals surface area (Å²) in [4.78, 5) is 18.3. The van der Waals surface area contributed by atoms with E-state index in [1.54, 1.807) is 4.90 Å². The zero-order valence-electron chi connectivity index (χ0n) is 18.9. The van der Waals surface area contributed by atoms with Crippen LogP contribution in [-0.2, 0) is 4.74 Å². The predicted octanol–water partition coefficient (Wildman–Crippen LogP) is 5.72. The number of nitrogens with one attached hydrogen (secondary N) is 1. The molecule has 36 heavy (non-hydrogen) atoms. The molecule has 1 aliphatic carbocycles. The molecule has 5 rings (SSSR count). The van der Waals surface area contributed by atoms with Gasteiger partial charge in [-0.05, 0) is 33.9 Å². The Morgan fingerprint density at radius 3 is 2.31 bits per heavy atom. The van der Waals surface area contributed by atoms with Crippen LogP contribution in [0.15, 0.2) is 67.0 Å². The topological polar surface area (TPSA) is 63.7 Å². The summed E-state index contributed by atoms with van der Waals surface area (Å²) in [7, 11) is 0. The minimum Gasteiger partial charge on any atom is -0.448 e. The number of hydrogen-bond acceptors (Lipinski definition) is 5. The van der Waals surface area contributed by atoms with Crippen LogP contribution in [0.25, 0.3) is 11.1 Å². The number of piperazine rings is 1. The summed E-state index contributed by atoms with van der Waals surface area (Å²) in [5, 5.41) is 3.21. The lowest BCUT2D eigenvalue weighted by molar-refractivity contribution is -0.274. The molecule has 1 amide bonds. The van der Waals surface area contributed by atoms with Crippen molar-refractivity contribution in [2.75, 3.05) is 26.2 Å². The molecule has 1 aromatic heterocycles. The molecule has 0 radical (unpaired) electrons. The molecule has 2 aliphatic rings. The minimum absolute atomic E-state index is 0. The second-order valence-electron chi connectivity index (χ2n) is 8.26. The number of halogens is 5. The highest BCUT2D eigenvalue weighted by molar-refractivity contribution is 5.85. The Labute approximate surface area is 218 Å². The standard InChI is InChI=1S/C25H22F3N3O3.2ClH/c26-25(27,28)34-17-11-16(12-29-13-17)23-14-31(10-9-30-23)24(32)33-15-22-20-7-3-1-5-18(20)19-6-2-4-8-21(19)22;;/h1-8,11-13,22-23,30H,9-10,14-15H2;2*1H. The first kappa shape index (κ1) is 27.6. The molecule has 0 spiro atoms. The first-order valence-electron chi connectivity index (χ1n) is 10.9. The van der Waals surface area contributed by atoms with Gasteiger partial charge in [0.25, 0.3) is 0 Å². The molecular weight excluding hydrogens is 518 g/mol. The maximum absolute atomic E-state index is 12.9. The van der Waals surface area contributed by atoms with Gasteiger partial charge in [-0.2, -0.15) is 0 Å². The monoisotopic (exact) mass is 541 g/mol. The Kier molecular flexibility index (Phi) is 8.71. The number of fused-ring (bicyclic) bond motifs is 3. The van der Waals surface area contributed by atoms with Crippen LogP contribution >= 0.6 is 24.8 Å². The Morgan fingerprint density at radius 2 is 1.67 bits per heavy atom. The van der Waals surface area contributed by atoms with E-state index in [2.05, 4.69) is 39.3 Å². The molecule has 0 saturated carbocycles. The lowest BCUT2D eigenvalue weighted by atomic mass is 9.98. The number of ether oxygens (including phenoxy) is 2. The third kappa shape index (κ3) is 5.86. The van der Waals surface area contributed by atoms with Gasteiger partial charge in [0.15, 0.2) is 0 Å². The number of benzene rings is 2. The van der Waals surface area contributed by atoms with Gasteiger partial charge in [-0.3, -0.25) is 4.98 Å². The molecule has 1 saturated heterocycles. The number of carbonyl (C=O) groups is 1. The Balaban J connectivity index is 0.00000180. The van der Waals surface area contributed by atoms with Gasteiger partial charge in [-0.15, -0.1) is 38.0 Å². The average molecular weight is 542 g/mol. The number of rotatable bonds is 4. The van der Waals surface area contributed by atoms with Crippen molar-refractivity contribution < 1.29 is 27.4 Å². The van der Waals surface area contributed by atoms with E-state index in [0.29, 0.717) is 18.7 Å². The van der Waals surface area contributed by atoms with Crippen molar-refractivity contribution in [3.8, 4) is 16.9 Å². The molecular formula is C25H24Cl2F3N3O3. The second-order valence-corrected chi connectivity index (χ2v) is 8.26. The van der Waals surface area contributed by atoms with Gasteiger partial charge < -0.3 is 19.7 Å². The largest absolute Gasteiger partial charge is 0.573 e. The van der Waals surface area contributed by atoms with Crippen LogP contribution in [0, 0.1) is 0 Å². The van der Waals surface area contributed by atoms with E-state index in [4.69, 9.17) is 4.74 Å². The van der Waals surface area contributed by atoms with E-state index in [1.165, 1.54) is 12.3 Å². The fourth-order valence-electron chi connectivity index (χ4n) is 4.64. The lowest BCUT2D eigenvalue weighted by Crippen LogP contribution is -2.48. The SMILES string of the molecule is Cl.Cl.O=C(OCC1c2ccccc2-c2ccccc21)N1CCNC(c2cncc(OC(F)(F)F)c2)C1. The molecule has 2 aromatic carbocycles. The van der Waals surface area contributed by atoms with E-state index in [-0.39, 0.29) is 43.9 Å². The molecule has 11 heteroatoms. The van der Waals surface area contributed by atoms with Crippen LogP contribution in [0.2, 0.25) is 0 Å². The zero-order chi connectivity index (χ0) is 23.7. The first-order chi connectivity index (χ1) is 16.4. The van der Waals surface area contributed by atoms with Gasteiger partial charge in [0.05, 0.1) is 12.2 Å². The van der Waals surface area contributed by atoms with Crippen molar-refractivity contribution in [3.63, 3.8) is 0 Å². The van der Waals surface area contributed by atoms with Gasteiger partial charge in [0.2, 0.25) is 0 Å². The van der Waals surface area contributed by atoms with Crippen LogP contribution in [0.4, 0.5) is 18.0 Å². The summed E-state index contributed by atoms with van der Waals surface area (Å²) >= 11 is 0. The van der Waals surface area contributed by atoms with Gasteiger partial charge in [0.1, 0.15) is 12.4 Å². The van der Waals surface area contributed by atoms with Crippen LogP contribution in [0.1, 0.15) is 28.7 Å². The van der Waals surface area contributed by atoms with Crippen LogP contribution in [0.3, 0.4) is 0 Å². The number of aromatic nitrogens is 1. The summed E-state index contributed by atoms with van der Waals surface area (Å²) in [5.74, 6) is -0.444. The molecule has 1 aliphatic heterocycles. The highest BCUT2D eigenvalue weighted by Gasteiger charge is 2.33. The predicted molar refractivity (Wildman–Crippen MR) is 133 cm³/mol. The number of alkyl halides is 3. The van der Waals surface area contributed by atoms with Crippen molar-refractivity contribution in [1.29, 1.82) is 0 Å². The van der Waals surface area contributed by atoms with E-state index in [0.717, 1.165) is 28.5 Å². The first-order valence-corrected chi connectivity index (χ1v) is 10.9. The lowest BCUT2D eigenvalue weighted by Gasteiger charge is -2.33. The van der Waals surface area contributed by atoms with Gasteiger partial charge >= 0.3 is 12.5 Å². The normalized spacial score (nSPS) is 16.8.